The quantitative estimate of drug-likeness (QED) is 0.729. The molecule has 0 aliphatic heterocycles. The Morgan fingerprint density at radius 2 is 2.00 bits per heavy atom. The van der Waals surface area contributed by atoms with E-state index in [1.807, 2.05) is 0 Å². The summed E-state index contributed by atoms with van der Waals surface area (Å²) in [5.74, 6) is -0.262. The van der Waals surface area contributed by atoms with E-state index in [-0.39, 0.29) is 18.1 Å². The van der Waals surface area contributed by atoms with E-state index < -0.39 is 11.7 Å². The fraction of sp³-hybridized carbons (Fsp3) is 0.154. The number of hydrogen-bond donors (Lipinski definition) is 0. The Bertz CT molecular complexity index is 622. The van der Waals surface area contributed by atoms with Crippen molar-refractivity contribution in [3.05, 3.63) is 50.6 Å². The minimum atomic E-state index is -4.43. The molecule has 106 valence electrons. The van der Waals surface area contributed by atoms with Gasteiger partial charge in [0.25, 0.3) is 0 Å². The lowest BCUT2D eigenvalue weighted by Crippen LogP contribution is -2.11. The van der Waals surface area contributed by atoms with Crippen LogP contribution in [-0.4, -0.2) is 12.4 Å². The number of benzene rings is 1. The fourth-order valence-corrected chi connectivity index (χ4v) is 2.76. The number of alkyl halides is 3. The number of ketones is 1. The molecule has 0 unspecified atom stereocenters. The van der Waals surface area contributed by atoms with Gasteiger partial charge in [-0.05, 0) is 46.3 Å². The Hall–Kier alpha value is -1.34. The van der Waals surface area contributed by atoms with Gasteiger partial charge in [-0.1, -0.05) is 6.07 Å². The molecule has 2 rings (SSSR count). The smallest absolute Gasteiger partial charge is 0.416 e. The second kappa shape index (κ2) is 5.97. The predicted molar refractivity (Wildman–Crippen MR) is 73.3 cm³/mol. The average Bonchev–Trinajstić information content (AvgIpc) is 2.82. The minimum absolute atomic E-state index is 0.0174. The summed E-state index contributed by atoms with van der Waals surface area (Å²) in [5.41, 5.74) is -0.804. The molecule has 0 saturated carbocycles. The van der Waals surface area contributed by atoms with Crippen molar-refractivity contribution in [2.24, 2.45) is 0 Å². The van der Waals surface area contributed by atoms with Crippen LogP contribution in [0.3, 0.4) is 0 Å². The van der Waals surface area contributed by atoms with E-state index in [0.29, 0.717) is 4.88 Å². The topological polar surface area (TPSA) is 26.3 Å². The molecule has 2 aromatic rings. The van der Waals surface area contributed by atoms with Crippen molar-refractivity contribution >= 4 is 33.0 Å². The van der Waals surface area contributed by atoms with Crippen molar-refractivity contribution in [3.8, 4) is 5.75 Å². The van der Waals surface area contributed by atoms with Crippen LogP contribution in [0.4, 0.5) is 13.2 Å². The van der Waals surface area contributed by atoms with E-state index >= 15 is 0 Å². The van der Waals surface area contributed by atoms with Crippen molar-refractivity contribution < 1.29 is 22.7 Å². The largest absolute Gasteiger partial charge is 0.485 e. The van der Waals surface area contributed by atoms with Gasteiger partial charge in [-0.25, -0.2) is 0 Å². The normalized spacial score (nSPS) is 11.4. The van der Waals surface area contributed by atoms with Crippen LogP contribution < -0.4 is 4.74 Å². The molecule has 7 heteroatoms. The number of Topliss-reactive ketones (excluding diaryl/α,β-unsaturated/α-hetero) is 1. The second-order valence-corrected chi connectivity index (χ2v) is 6.30. The molecule has 0 aliphatic rings. The maximum Gasteiger partial charge on any atom is 0.416 e. The van der Waals surface area contributed by atoms with Crippen molar-refractivity contribution in [3.63, 3.8) is 0 Å². The predicted octanol–water partition coefficient (Wildman–Crippen LogP) is 4.79. The summed E-state index contributed by atoms with van der Waals surface area (Å²) in [7, 11) is 0. The van der Waals surface area contributed by atoms with Crippen LogP contribution in [0.2, 0.25) is 0 Å². The molecule has 0 aliphatic carbocycles. The summed E-state index contributed by atoms with van der Waals surface area (Å²) in [5, 5.41) is 0. The van der Waals surface area contributed by atoms with Crippen LogP contribution in [-0.2, 0) is 6.18 Å². The molecule has 2 nitrogen and oxygen atoms in total. The zero-order chi connectivity index (χ0) is 14.8. The zero-order valence-corrected chi connectivity index (χ0v) is 12.3. The van der Waals surface area contributed by atoms with Gasteiger partial charge in [0.2, 0.25) is 5.78 Å². The first-order valence-corrected chi connectivity index (χ1v) is 7.06. The van der Waals surface area contributed by atoms with Crippen molar-refractivity contribution in [1.29, 1.82) is 0 Å². The monoisotopic (exact) mass is 364 g/mol. The van der Waals surface area contributed by atoms with E-state index in [1.54, 1.807) is 12.1 Å². The van der Waals surface area contributed by atoms with Gasteiger partial charge >= 0.3 is 6.18 Å². The van der Waals surface area contributed by atoms with Crippen molar-refractivity contribution in [2.45, 2.75) is 6.18 Å². The molecular formula is C13H8BrF3O2S. The Labute approximate surface area is 125 Å². The Morgan fingerprint density at radius 1 is 1.25 bits per heavy atom. The summed E-state index contributed by atoms with van der Waals surface area (Å²) in [6, 6.07) is 7.80. The second-order valence-electron chi connectivity index (χ2n) is 3.84. The number of halogens is 4. The van der Waals surface area contributed by atoms with E-state index in [1.165, 1.54) is 23.5 Å². The molecule has 1 aromatic carbocycles. The molecule has 0 saturated heterocycles. The average molecular weight is 365 g/mol. The number of carbonyl (C=O) groups excluding carboxylic acids is 1. The van der Waals surface area contributed by atoms with Gasteiger partial charge in [0.15, 0.2) is 6.61 Å². The van der Waals surface area contributed by atoms with E-state index in [4.69, 9.17) is 4.74 Å². The van der Waals surface area contributed by atoms with Crippen LogP contribution in [0.15, 0.2) is 40.2 Å². The van der Waals surface area contributed by atoms with Crippen LogP contribution in [0.25, 0.3) is 0 Å². The first kappa shape index (κ1) is 15.1. The van der Waals surface area contributed by atoms with Crippen molar-refractivity contribution in [2.75, 3.05) is 6.61 Å². The third-order valence-corrected chi connectivity index (χ3v) is 4.04. The summed E-state index contributed by atoms with van der Waals surface area (Å²) < 4.78 is 43.4. The lowest BCUT2D eigenvalue weighted by molar-refractivity contribution is -0.137. The SMILES string of the molecule is O=C(COc1cccc(C(F)(F)F)c1)c1ccc(Br)s1. The maximum absolute atomic E-state index is 12.5. The summed E-state index contributed by atoms with van der Waals surface area (Å²) in [4.78, 5) is 12.2. The summed E-state index contributed by atoms with van der Waals surface area (Å²) in [6.45, 7) is -0.297. The first-order chi connectivity index (χ1) is 9.36. The third-order valence-electron chi connectivity index (χ3n) is 2.38. The van der Waals surface area contributed by atoms with Gasteiger partial charge in [-0.3, -0.25) is 4.79 Å². The standard InChI is InChI=1S/C13H8BrF3O2S/c14-12-5-4-11(20-12)10(18)7-19-9-3-1-2-8(6-9)13(15,16)17/h1-6H,7H2. The molecule has 0 amide bonds. The Morgan fingerprint density at radius 3 is 2.60 bits per heavy atom. The van der Waals surface area contributed by atoms with Gasteiger partial charge in [-0.15, -0.1) is 11.3 Å². The van der Waals surface area contributed by atoms with E-state index in [0.717, 1.165) is 15.9 Å². The molecule has 20 heavy (non-hydrogen) atoms. The van der Waals surface area contributed by atoms with Crippen LogP contribution in [0, 0.1) is 0 Å². The van der Waals surface area contributed by atoms with Gasteiger partial charge in [0.05, 0.1) is 14.2 Å². The number of rotatable bonds is 4. The number of carbonyl (C=O) groups is 1. The highest BCUT2D eigenvalue weighted by molar-refractivity contribution is 9.11. The maximum atomic E-state index is 12.5. The van der Waals surface area contributed by atoms with Gasteiger partial charge in [-0.2, -0.15) is 13.2 Å². The molecule has 1 heterocycles. The first-order valence-electron chi connectivity index (χ1n) is 5.45. The van der Waals surface area contributed by atoms with Crippen LogP contribution >= 0.6 is 27.3 Å². The minimum Gasteiger partial charge on any atom is -0.485 e. The molecule has 0 fully saturated rings. The van der Waals surface area contributed by atoms with Gasteiger partial charge in [0, 0.05) is 0 Å². The van der Waals surface area contributed by atoms with E-state index in [2.05, 4.69) is 15.9 Å². The highest BCUT2D eigenvalue weighted by atomic mass is 79.9. The summed E-state index contributed by atoms with van der Waals surface area (Å²) in [6.07, 6.45) is -4.43. The molecule has 0 radical (unpaired) electrons. The molecule has 0 atom stereocenters. The fourth-order valence-electron chi connectivity index (χ4n) is 1.45. The number of thiophene rings is 1. The van der Waals surface area contributed by atoms with Crippen LogP contribution in [0.5, 0.6) is 5.75 Å². The molecular weight excluding hydrogens is 357 g/mol. The molecule has 0 N–H and O–H groups in total. The van der Waals surface area contributed by atoms with Crippen LogP contribution in [0.1, 0.15) is 15.2 Å². The lowest BCUT2D eigenvalue weighted by atomic mass is 10.2. The van der Waals surface area contributed by atoms with Crippen molar-refractivity contribution in [1.82, 2.24) is 0 Å². The highest BCUT2D eigenvalue weighted by Crippen LogP contribution is 2.31. The molecule has 0 bridgehead atoms. The zero-order valence-electron chi connectivity index (χ0n) is 9.91. The Kier molecular flexibility index (Phi) is 4.49. The Balaban J connectivity index is 2.02. The number of hydrogen-bond acceptors (Lipinski definition) is 3. The molecule has 1 aromatic heterocycles. The number of ether oxygens (including phenoxy) is 1. The lowest BCUT2D eigenvalue weighted by Gasteiger charge is -2.09. The van der Waals surface area contributed by atoms with Gasteiger partial charge < -0.3 is 4.74 Å². The summed E-state index contributed by atoms with van der Waals surface area (Å²) >= 11 is 4.47. The third kappa shape index (κ3) is 3.83. The highest BCUT2D eigenvalue weighted by Gasteiger charge is 2.30. The van der Waals surface area contributed by atoms with E-state index in [9.17, 15) is 18.0 Å². The van der Waals surface area contributed by atoms with Gasteiger partial charge in [0.1, 0.15) is 5.75 Å². The molecule has 0 spiro atoms.